The summed E-state index contributed by atoms with van der Waals surface area (Å²) >= 11 is 0. The van der Waals surface area contributed by atoms with Crippen LogP contribution in [0.2, 0.25) is 0 Å². The van der Waals surface area contributed by atoms with E-state index in [1.807, 2.05) is 12.1 Å². The van der Waals surface area contributed by atoms with E-state index < -0.39 is 0 Å². The van der Waals surface area contributed by atoms with Gasteiger partial charge in [-0.25, -0.2) is 0 Å². The molecule has 2 heteroatoms. The first-order valence-electron chi connectivity index (χ1n) is 3.35. The maximum atomic E-state index is 5.10. The lowest BCUT2D eigenvalue weighted by molar-refractivity contribution is 0.224. The van der Waals surface area contributed by atoms with Crippen molar-refractivity contribution in [3.63, 3.8) is 0 Å². The first-order chi connectivity index (χ1) is 4.86. The highest BCUT2D eigenvalue weighted by Crippen LogP contribution is 2.22. The molecule has 1 aliphatic heterocycles. The highest BCUT2D eigenvalue weighted by atomic mass is 16.7. The zero-order valence-electron chi connectivity index (χ0n) is 5.85. The Kier molecular flexibility index (Phi) is 1.14. The minimum Gasteiger partial charge on any atom is -0.408 e. The molecule has 0 saturated carbocycles. The van der Waals surface area contributed by atoms with Gasteiger partial charge in [0.05, 0.1) is 6.54 Å². The molecular weight excluding hydrogens is 126 g/mol. The van der Waals surface area contributed by atoms with Gasteiger partial charge in [0.15, 0.2) is 5.75 Å². The molecule has 0 bridgehead atoms. The van der Waals surface area contributed by atoms with E-state index in [0.717, 1.165) is 12.3 Å². The molecular formula is C8H9NO. The number of benzene rings is 1. The lowest BCUT2D eigenvalue weighted by Gasteiger charge is -1.95. The van der Waals surface area contributed by atoms with Crippen molar-refractivity contribution in [3.8, 4) is 5.75 Å². The molecule has 0 radical (unpaired) electrons. The summed E-state index contributed by atoms with van der Waals surface area (Å²) in [5, 5.41) is 0. The summed E-state index contributed by atoms with van der Waals surface area (Å²) in [5.41, 5.74) is 5.35. The van der Waals surface area contributed by atoms with Gasteiger partial charge in [-0.15, -0.1) is 0 Å². The van der Waals surface area contributed by atoms with Crippen molar-refractivity contribution in [2.45, 2.75) is 13.5 Å². The third-order valence-corrected chi connectivity index (χ3v) is 1.66. The Labute approximate surface area is 59.8 Å². The average molecular weight is 135 g/mol. The monoisotopic (exact) mass is 135 g/mol. The molecule has 2 nitrogen and oxygen atoms in total. The molecule has 0 atom stereocenters. The maximum Gasteiger partial charge on any atom is 0.151 e. The van der Waals surface area contributed by atoms with Crippen LogP contribution in [0.5, 0.6) is 5.75 Å². The number of fused-ring (bicyclic) bond motifs is 1. The van der Waals surface area contributed by atoms with Crippen molar-refractivity contribution in [2.24, 2.45) is 0 Å². The van der Waals surface area contributed by atoms with Crippen LogP contribution in [0.3, 0.4) is 0 Å². The van der Waals surface area contributed by atoms with Gasteiger partial charge in [-0.1, -0.05) is 17.7 Å². The quantitative estimate of drug-likeness (QED) is 0.580. The molecule has 10 heavy (non-hydrogen) atoms. The van der Waals surface area contributed by atoms with Gasteiger partial charge in [-0.3, -0.25) is 0 Å². The topological polar surface area (TPSA) is 21.3 Å². The van der Waals surface area contributed by atoms with E-state index in [1.165, 1.54) is 11.1 Å². The van der Waals surface area contributed by atoms with E-state index >= 15 is 0 Å². The van der Waals surface area contributed by atoms with Crippen LogP contribution in [0.25, 0.3) is 0 Å². The van der Waals surface area contributed by atoms with Crippen LogP contribution < -0.4 is 10.3 Å². The highest BCUT2D eigenvalue weighted by molar-refractivity contribution is 5.38. The summed E-state index contributed by atoms with van der Waals surface area (Å²) in [6.45, 7) is 2.91. The van der Waals surface area contributed by atoms with E-state index in [1.54, 1.807) is 0 Å². The van der Waals surface area contributed by atoms with Crippen LogP contribution >= 0.6 is 0 Å². The van der Waals surface area contributed by atoms with Gasteiger partial charge in [-0.2, -0.15) is 5.48 Å². The van der Waals surface area contributed by atoms with Crippen LogP contribution in [0, 0.1) is 6.92 Å². The van der Waals surface area contributed by atoms with Crippen LogP contribution in [0.1, 0.15) is 11.1 Å². The van der Waals surface area contributed by atoms with Gasteiger partial charge in [0.2, 0.25) is 0 Å². The molecule has 1 aromatic rings. The summed E-state index contributed by atoms with van der Waals surface area (Å²) in [6, 6.07) is 6.17. The molecule has 1 N–H and O–H groups in total. The largest absolute Gasteiger partial charge is 0.408 e. The third-order valence-electron chi connectivity index (χ3n) is 1.66. The van der Waals surface area contributed by atoms with Gasteiger partial charge < -0.3 is 4.84 Å². The fraction of sp³-hybridized carbons (Fsp3) is 0.250. The minimum atomic E-state index is 0.830. The second kappa shape index (κ2) is 1.99. The third kappa shape index (κ3) is 0.772. The molecule has 1 aliphatic rings. The predicted octanol–water partition coefficient (Wildman–Crippen LogP) is 1.39. The molecule has 0 amide bonds. The lowest BCUT2D eigenvalue weighted by Crippen LogP contribution is -2.07. The van der Waals surface area contributed by atoms with Crippen molar-refractivity contribution >= 4 is 0 Å². The maximum absolute atomic E-state index is 5.10. The number of rotatable bonds is 0. The van der Waals surface area contributed by atoms with E-state index in [2.05, 4.69) is 18.5 Å². The van der Waals surface area contributed by atoms with Crippen LogP contribution in [0.4, 0.5) is 0 Å². The minimum absolute atomic E-state index is 0.830. The Morgan fingerprint density at radius 1 is 1.50 bits per heavy atom. The Hall–Kier alpha value is -1.02. The Bertz CT molecular complexity index is 257. The smallest absolute Gasteiger partial charge is 0.151 e. The first kappa shape index (κ1) is 5.74. The zero-order chi connectivity index (χ0) is 6.97. The summed E-state index contributed by atoms with van der Waals surface area (Å²) < 4.78 is 0. The Morgan fingerprint density at radius 2 is 2.40 bits per heavy atom. The van der Waals surface area contributed by atoms with Gasteiger partial charge in [-0.05, 0) is 13.0 Å². The summed E-state index contributed by atoms with van der Waals surface area (Å²) in [5.74, 6) is 0.964. The number of hydrogen-bond donors (Lipinski definition) is 1. The van der Waals surface area contributed by atoms with Crippen molar-refractivity contribution in [1.29, 1.82) is 0 Å². The molecule has 0 aromatic heterocycles. The van der Waals surface area contributed by atoms with Crippen LogP contribution in [-0.4, -0.2) is 0 Å². The Balaban J connectivity index is 2.52. The van der Waals surface area contributed by atoms with E-state index in [4.69, 9.17) is 4.84 Å². The van der Waals surface area contributed by atoms with Crippen molar-refractivity contribution < 1.29 is 4.84 Å². The van der Waals surface area contributed by atoms with E-state index in [9.17, 15) is 0 Å². The second-order valence-corrected chi connectivity index (χ2v) is 2.53. The SMILES string of the molecule is Cc1ccc2c(c1)CNO2. The van der Waals surface area contributed by atoms with Gasteiger partial charge in [0.1, 0.15) is 0 Å². The predicted molar refractivity (Wildman–Crippen MR) is 38.6 cm³/mol. The summed E-state index contributed by atoms with van der Waals surface area (Å²) in [6.07, 6.45) is 0. The fourth-order valence-electron chi connectivity index (χ4n) is 1.14. The molecule has 1 heterocycles. The molecule has 1 aromatic carbocycles. The van der Waals surface area contributed by atoms with Crippen molar-refractivity contribution in [3.05, 3.63) is 29.3 Å². The fourth-order valence-corrected chi connectivity index (χ4v) is 1.14. The van der Waals surface area contributed by atoms with Gasteiger partial charge in [0, 0.05) is 5.56 Å². The number of hydrogen-bond acceptors (Lipinski definition) is 2. The zero-order valence-corrected chi connectivity index (χ0v) is 5.85. The molecule has 0 aliphatic carbocycles. The average Bonchev–Trinajstić information content (AvgIpc) is 2.33. The molecule has 0 unspecified atom stereocenters. The van der Waals surface area contributed by atoms with Crippen molar-refractivity contribution in [1.82, 2.24) is 5.48 Å². The standard InChI is InChI=1S/C8H9NO/c1-6-2-3-8-7(4-6)5-9-10-8/h2-4,9H,5H2,1H3. The normalized spacial score (nSPS) is 14.5. The first-order valence-corrected chi connectivity index (χ1v) is 3.35. The number of nitrogens with one attached hydrogen (secondary N) is 1. The van der Waals surface area contributed by atoms with Crippen LogP contribution in [0.15, 0.2) is 18.2 Å². The Morgan fingerprint density at radius 3 is 3.30 bits per heavy atom. The van der Waals surface area contributed by atoms with Gasteiger partial charge >= 0.3 is 0 Å². The van der Waals surface area contributed by atoms with E-state index in [0.29, 0.717) is 0 Å². The second-order valence-electron chi connectivity index (χ2n) is 2.53. The summed E-state index contributed by atoms with van der Waals surface area (Å²) in [4.78, 5) is 5.10. The van der Waals surface area contributed by atoms with Crippen molar-refractivity contribution in [2.75, 3.05) is 0 Å². The molecule has 0 spiro atoms. The molecule has 52 valence electrons. The summed E-state index contributed by atoms with van der Waals surface area (Å²) in [7, 11) is 0. The number of hydroxylamine groups is 1. The molecule has 2 rings (SSSR count). The van der Waals surface area contributed by atoms with Crippen LogP contribution in [-0.2, 0) is 6.54 Å². The number of aryl methyl sites for hydroxylation is 1. The molecule has 0 fully saturated rings. The van der Waals surface area contributed by atoms with Gasteiger partial charge in [0.25, 0.3) is 0 Å². The highest BCUT2D eigenvalue weighted by Gasteiger charge is 2.09. The lowest BCUT2D eigenvalue weighted by atomic mass is 10.1. The van der Waals surface area contributed by atoms with E-state index in [-0.39, 0.29) is 0 Å². The molecule has 0 saturated heterocycles.